The van der Waals surface area contributed by atoms with Gasteiger partial charge in [-0.1, -0.05) is 18.2 Å². The van der Waals surface area contributed by atoms with E-state index in [1.54, 1.807) is 0 Å². The molecule has 0 amide bonds. The van der Waals surface area contributed by atoms with E-state index in [2.05, 4.69) is 17.0 Å². The van der Waals surface area contributed by atoms with Gasteiger partial charge in [0.1, 0.15) is 0 Å². The Kier molecular flexibility index (Phi) is 4.81. The van der Waals surface area contributed by atoms with Gasteiger partial charge in [0, 0.05) is 18.8 Å². The van der Waals surface area contributed by atoms with Crippen LogP contribution in [0, 0.1) is 17.2 Å². The number of hydrogen-bond donors (Lipinski definition) is 1. The van der Waals surface area contributed by atoms with Crippen LogP contribution in [0.2, 0.25) is 0 Å². The van der Waals surface area contributed by atoms with Crippen LogP contribution < -0.4 is 5.73 Å². The lowest BCUT2D eigenvalue weighted by molar-refractivity contribution is 0.314. The number of nitriles is 1. The Morgan fingerprint density at radius 2 is 2.12 bits per heavy atom. The molecule has 86 valence electrons. The predicted octanol–water partition coefficient (Wildman–Crippen LogP) is 1.90. The van der Waals surface area contributed by atoms with Crippen LogP contribution >= 0.6 is 0 Å². The van der Waals surface area contributed by atoms with Gasteiger partial charge < -0.3 is 10.6 Å². The number of hydrogen-bond acceptors (Lipinski definition) is 3. The van der Waals surface area contributed by atoms with Gasteiger partial charge in [0.05, 0.1) is 12.0 Å². The number of para-hydroxylation sites is 1. The monoisotopic (exact) mass is 217 g/mol. The molecular weight excluding hydrogens is 198 g/mol. The Hall–Kier alpha value is -1.53. The fourth-order valence-corrected chi connectivity index (χ4v) is 1.67. The zero-order valence-electron chi connectivity index (χ0n) is 9.98. The molecule has 0 aliphatic heterocycles. The molecule has 0 spiro atoms. The summed E-state index contributed by atoms with van der Waals surface area (Å²) in [6.45, 7) is 3.68. The number of rotatable bonds is 5. The first-order chi connectivity index (χ1) is 7.63. The number of anilines is 1. The van der Waals surface area contributed by atoms with Crippen LogP contribution in [0.25, 0.3) is 0 Å². The van der Waals surface area contributed by atoms with E-state index in [0.29, 0.717) is 0 Å². The number of likely N-dealkylation sites (N-methyl/N-ethyl adjacent to an activating group) is 1. The maximum Gasteiger partial charge on any atom is 0.0666 e. The van der Waals surface area contributed by atoms with E-state index in [1.165, 1.54) is 5.56 Å². The molecule has 1 unspecified atom stereocenters. The minimum Gasteiger partial charge on any atom is -0.399 e. The molecule has 0 aliphatic rings. The molecule has 1 aromatic carbocycles. The first-order valence-corrected chi connectivity index (χ1v) is 5.55. The Labute approximate surface area is 97.5 Å². The largest absolute Gasteiger partial charge is 0.399 e. The third-order valence-corrected chi connectivity index (χ3v) is 2.62. The van der Waals surface area contributed by atoms with Crippen molar-refractivity contribution < 1.29 is 0 Å². The quantitative estimate of drug-likeness (QED) is 0.766. The Morgan fingerprint density at radius 1 is 1.44 bits per heavy atom. The van der Waals surface area contributed by atoms with E-state index in [9.17, 15) is 0 Å². The standard InChI is InChI=1S/C13H19N3/c1-11(9-14)10-16(2)8-7-12-5-3-4-6-13(12)15/h3-6,11H,7-8,10,15H2,1-2H3. The second-order valence-corrected chi connectivity index (χ2v) is 4.24. The molecule has 0 fully saturated rings. The topological polar surface area (TPSA) is 53.0 Å². The summed E-state index contributed by atoms with van der Waals surface area (Å²) in [5.41, 5.74) is 7.89. The van der Waals surface area contributed by atoms with Gasteiger partial charge in [0.25, 0.3) is 0 Å². The van der Waals surface area contributed by atoms with Crippen molar-refractivity contribution in [3.8, 4) is 6.07 Å². The molecule has 1 aromatic rings. The van der Waals surface area contributed by atoms with Crippen LogP contribution in [0.4, 0.5) is 5.69 Å². The average Bonchev–Trinajstić information content (AvgIpc) is 2.28. The normalized spacial score (nSPS) is 12.4. The van der Waals surface area contributed by atoms with Gasteiger partial charge in [-0.15, -0.1) is 0 Å². The molecule has 3 heteroatoms. The summed E-state index contributed by atoms with van der Waals surface area (Å²) in [6, 6.07) is 10.2. The highest BCUT2D eigenvalue weighted by molar-refractivity contribution is 5.46. The lowest BCUT2D eigenvalue weighted by Gasteiger charge is -2.18. The molecule has 16 heavy (non-hydrogen) atoms. The third-order valence-electron chi connectivity index (χ3n) is 2.62. The predicted molar refractivity (Wildman–Crippen MR) is 66.8 cm³/mol. The summed E-state index contributed by atoms with van der Waals surface area (Å²) >= 11 is 0. The van der Waals surface area contributed by atoms with Gasteiger partial charge in [-0.25, -0.2) is 0 Å². The second-order valence-electron chi connectivity index (χ2n) is 4.24. The minimum absolute atomic E-state index is 0.0816. The van der Waals surface area contributed by atoms with Crippen molar-refractivity contribution >= 4 is 5.69 Å². The van der Waals surface area contributed by atoms with Crippen LogP contribution in [0.5, 0.6) is 0 Å². The maximum absolute atomic E-state index is 8.72. The van der Waals surface area contributed by atoms with Gasteiger partial charge in [0.2, 0.25) is 0 Å². The molecule has 0 aromatic heterocycles. The van der Waals surface area contributed by atoms with Crippen molar-refractivity contribution in [2.75, 3.05) is 25.9 Å². The Bertz CT molecular complexity index is 368. The molecule has 1 rings (SSSR count). The van der Waals surface area contributed by atoms with Gasteiger partial charge in [-0.2, -0.15) is 5.26 Å². The van der Waals surface area contributed by atoms with Crippen molar-refractivity contribution in [2.45, 2.75) is 13.3 Å². The number of nitrogen functional groups attached to an aromatic ring is 1. The molecule has 0 bridgehead atoms. The van der Waals surface area contributed by atoms with Crippen molar-refractivity contribution in [2.24, 2.45) is 5.92 Å². The van der Waals surface area contributed by atoms with Crippen molar-refractivity contribution in [3.05, 3.63) is 29.8 Å². The summed E-state index contributed by atoms with van der Waals surface area (Å²) in [5, 5.41) is 8.72. The average molecular weight is 217 g/mol. The van der Waals surface area contributed by atoms with E-state index >= 15 is 0 Å². The van der Waals surface area contributed by atoms with Crippen molar-refractivity contribution in [1.82, 2.24) is 4.90 Å². The van der Waals surface area contributed by atoms with Gasteiger partial charge >= 0.3 is 0 Å². The highest BCUT2D eigenvalue weighted by Crippen LogP contribution is 2.11. The fraction of sp³-hybridized carbons (Fsp3) is 0.462. The minimum atomic E-state index is 0.0816. The zero-order valence-corrected chi connectivity index (χ0v) is 9.98. The zero-order chi connectivity index (χ0) is 12.0. The van der Waals surface area contributed by atoms with Crippen LogP contribution in [-0.2, 0) is 6.42 Å². The van der Waals surface area contributed by atoms with E-state index in [-0.39, 0.29) is 5.92 Å². The number of nitrogens with zero attached hydrogens (tertiary/aromatic N) is 2. The number of nitrogens with two attached hydrogens (primary N) is 1. The molecule has 0 aliphatic carbocycles. The molecule has 0 heterocycles. The van der Waals surface area contributed by atoms with Crippen LogP contribution in [-0.4, -0.2) is 25.0 Å². The molecule has 0 radical (unpaired) electrons. The lowest BCUT2D eigenvalue weighted by atomic mass is 10.1. The lowest BCUT2D eigenvalue weighted by Crippen LogP contribution is -2.26. The molecule has 1 atom stereocenters. The van der Waals surface area contributed by atoms with Crippen LogP contribution in [0.3, 0.4) is 0 Å². The Balaban J connectivity index is 2.41. The van der Waals surface area contributed by atoms with Crippen LogP contribution in [0.15, 0.2) is 24.3 Å². The first-order valence-electron chi connectivity index (χ1n) is 5.55. The smallest absolute Gasteiger partial charge is 0.0666 e. The highest BCUT2D eigenvalue weighted by atomic mass is 15.1. The summed E-state index contributed by atoms with van der Waals surface area (Å²) in [4.78, 5) is 2.17. The summed E-state index contributed by atoms with van der Waals surface area (Å²) in [7, 11) is 2.03. The van der Waals surface area contributed by atoms with E-state index in [1.807, 2.05) is 32.2 Å². The van der Waals surface area contributed by atoms with Crippen LogP contribution in [0.1, 0.15) is 12.5 Å². The van der Waals surface area contributed by atoms with Gasteiger partial charge in [-0.3, -0.25) is 0 Å². The maximum atomic E-state index is 8.72. The molecular formula is C13H19N3. The Morgan fingerprint density at radius 3 is 2.75 bits per heavy atom. The summed E-state index contributed by atoms with van der Waals surface area (Å²) in [6.07, 6.45) is 0.932. The van der Waals surface area contributed by atoms with E-state index < -0.39 is 0 Å². The van der Waals surface area contributed by atoms with Crippen molar-refractivity contribution in [3.63, 3.8) is 0 Å². The fourth-order valence-electron chi connectivity index (χ4n) is 1.67. The van der Waals surface area contributed by atoms with Gasteiger partial charge in [0.15, 0.2) is 0 Å². The van der Waals surface area contributed by atoms with E-state index in [0.717, 1.165) is 25.2 Å². The third kappa shape index (κ3) is 3.92. The summed E-state index contributed by atoms with van der Waals surface area (Å²) in [5.74, 6) is 0.0816. The molecule has 0 saturated carbocycles. The molecule has 2 N–H and O–H groups in total. The van der Waals surface area contributed by atoms with Gasteiger partial charge in [-0.05, 0) is 32.0 Å². The molecule has 3 nitrogen and oxygen atoms in total. The number of benzene rings is 1. The highest BCUT2D eigenvalue weighted by Gasteiger charge is 2.05. The first kappa shape index (κ1) is 12.5. The molecule has 0 saturated heterocycles. The van der Waals surface area contributed by atoms with Crippen molar-refractivity contribution in [1.29, 1.82) is 5.26 Å². The SMILES string of the molecule is CC(C#N)CN(C)CCc1ccccc1N. The van der Waals surface area contributed by atoms with E-state index in [4.69, 9.17) is 11.0 Å². The second kappa shape index (κ2) is 6.14. The summed E-state index contributed by atoms with van der Waals surface area (Å²) < 4.78 is 0.